The van der Waals surface area contributed by atoms with Crippen molar-refractivity contribution in [3.63, 3.8) is 0 Å². The molecule has 0 spiro atoms. The van der Waals surface area contributed by atoms with Gasteiger partial charge in [-0.25, -0.2) is 8.42 Å². The molecule has 4 rings (SSSR count). The molecule has 0 saturated heterocycles. The number of amides is 1. The molecule has 0 radical (unpaired) electrons. The average molecular weight is 387 g/mol. The molecule has 1 atom stereocenters. The van der Waals surface area contributed by atoms with Gasteiger partial charge in [0.2, 0.25) is 0 Å². The van der Waals surface area contributed by atoms with Crippen molar-refractivity contribution in [3.8, 4) is 0 Å². The Hall–Kier alpha value is -2.94. The van der Waals surface area contributed by atoms with Crippen LogP contribution in [0.1, 0.15) is 17.0 Å². The molecule has 1 aromatic carbocycles. The Bertz CT molecular complexity index is 1030. The largest absolute Gasteiger partial charge is 0.481 e. The van der Waals surface area contributed by atoms with Crippen LogP contribution in [0.15, 0.2) is 52.6 Å². The summed E-state index contributed by atoms with van der Waals surface area (Å²) in [4.78, 5) is 27.9. The maximum atomic E-state index is 13.1. The van der Waals surface area contributed by atoms with Crippen molar-refractivity contribution in [2.24, 2.45) is 4.40 Å². The molecule has 3 aliphatic heterocycles. The van der Waals surface area contributed by atoms with Gasteiger partial charge in [-0.2, -0.15) is 0 Å². The second-order valence-corrected chi connectivity index (χ2v) is 8.35. The van der Waals surface area contributed by atoms with Crippen molar-refractivity contribution in [1.29, 1.82) is 0 Å². The minimum atomic E-state index is -3.62. The highest BCUT2D eigenvalue weighted by Gasteiger charge is 2.36. The molecule has 3 heterocycles. The lowest BCUT2D eigenvalue weighted by atomic mass is 9.89. The summed E-state index contributed by atoms with van der Waals surface area (Å²) in [7, 11) is -3.62. The fourth-order valence-electron chi connectivity index (χ4n) is 3.53. The monoisotopic (exact) mass is 387 g/mol. The summed E-state index contributed by atoms with van der Waals surface area (Å²) in [5, 5.41) is 9.58. The molecule has 1 unspecified atom stereocenters. The topological polar surface area (TPSA) is 107 Å². The van der Waals surface area contributed by atoms with Gasteiger partial charge >= 0.3 is 5.97 Å². The van der Waals surface area contributed by atoms with E-state index in [0.29, 0.717) is 5.56 Å². The number of rotatable bonds is 2. The van der Waals surface area contributed by atoms with E-state index in [1.54, 1.807) is 41.4 Å². The number of fused-ring (bicyclic) bond motifs is 2. The maximum absolute atomic E-state index is 13.1. The van der Waals surface area contributed by atoms with Gasteiger partial charge in [-0.1, -0.05) is 24.3 Å². The highest BCUT2D eigenvalue weighted by Crippen LogP contribution is 2.30. The molecule has 1 amide bonds. The van der Waals surface area contributed by atoms with Crippen LogP contribution < -0.4 is 0 Å². The van der Waals surface area contributed by atoms with Gasteiger partial charge in [0.05, 0.1) is 17.2 Å². The van der Waals surface area contributed by atoms with E-state index < -0.39 is 27.8 Å². The Morgan fingerprint density at radius 2 is 2.00 bits per heavy atom. The van der Waals surface area contributed by atoms with Gasteiger partial charge in [-0.05, 0) is 23.3 Å². The third-order valence-electron chi connectivity index (χ3n) is 4.87. The van der Waals surface area contributed by atoms with Crippen molar-refractivity contribution >= 4 is 27.7 Å². The van der Waals surface area contributed by atoms with Gasteiger partial charge in [0.15, 0.2) is 5.84 Å². The number of sulfonamides is 1. The van der Waals surface area contributed by atoms with Crippen LogP contribution in [-0.2, 0) is 26.2 Å². The normalized spacial score (nSPS) is 23.0. The molecule has 0 saturated carbocycles. The van der Waals surface area contributed by atoms with Gasteiger partial charge in [-0.3, -0.25) is 9.59 Å². The van der Waals surface area contributed by atoms with E-state index >= 15 is 0 Å². The molecule has 0 fully saturated rings. The third kappa shape index (κ3) is 3.14. The predicted molar refractivity (Wildman–Crippen MR) is 97.4 cm³/mol. The summed E-state index contributed by atoms with van der Waals surface area (Å²) in [6.07, 6.45) is 4.86. The van der Waals surface area contributed by atoms with Crippen LogP contribution >= 0.6 is 0 Å². The van der Waals surface area contributed by atoms with Crippen LogP contribution in [0.25, 0.3) is 0 Å². The molecule has 0 aromatic heterocycles. The lowest BCUT2D eigenvalue weighted by Gasteiger charge is -2.35. The first kappa shape index (κ1) is 17.5. The minimum absolute atomic E-state index is 0.0201. The molecule has 8 nitrogen and oxygen atoms in total. The highest BCUT2D eigenvalue weighted by atomic mass is 32.2. The first-order valence-electron chi connectivity index (χ1n) is 8.44. The summed E-state index contributed by atoms with van der Waals surface area (Å²) in [6.45, 7) is 0.509. The zero-order chi connectivity index (χ0) is 19.2. The summed E-state index contributed by atoms with van der Waals surface area (Å²) < 4.78 is 27.5. The summed E-state index contributed by atoms with van der Waals surface area (Å²) in [5.74, 6) is -2.27. The van der Waals surface area contributed by atoms with Crippen LogP contribution in [0.3, 0.4) is 0 Å². The van der Waals surface area contributed by atoms with Crippen molar-refractivity contribution < 1.29 is 23.1 Å². The van der Waals surface area contributed by atoms with Gasteiger partial charge in [0.25, 0.3) is 15.9 Å². The first-order valence-corrected chi connectivity index (χ1v) is 10.0. The number of nitrogens with zero attached hydrogens (tertiary/aromatic N) is 3. The smallest absolute Gasteiger partial charge is 0.312 e. The van der Waals surface area contributed by atoms with Crippen LogP contribution in [-0.4, -0.2) is 59.9 Å². The van der Waals surface area contributed by atoms with Gasteiger partial charge < -0.3 is 14.9 Å². The zero-order valence-corrected chi connectivity index (χ0v) is 15.1. The molecule has 9 heteroatoms. The van der Waals surface area contributed by atoms with E-state index in [1.165, 1.54) is 11.0 Å². The number of carbonyl (C=O) groups is 2. The molecule has 140 valence electrons. The Morgan fingerprint density at radius 3 is 2.78 bits per heavy atom. The average Bonchev–Trinajstić information content (AvgIpc) is 2.65. The van der Waals surface area contributed by atoms with E-state index in [1.807, 2.05) is 0 Å². The van der Waals surface area contributed by atoms with Crippen LogP contribution in [0.2, 0.25) is 0 Å². The molecule has 3 aliphatic rings. The Labute approximate surface area is 156 Å². The zero-order valence-electron chi connectivity index (χ0n) is 14.3. The Balaban J connectivity index is 1.69. The molecule has 0 bridgehead atoms. The van der Waals surface area contributed by atoms with Crippen molar-refractivity contribution in [2.75, 3.05) is 18.8 Å². The first-order chi connectivity index (χ1) is 12.9. The van der Waals surface area contributed by atoms with E-state index in [0.717, 1.165) is 5.56 Å². The maximum Gasteiger partial charge on any atom is 0.312 e. The number of allylic oxidation sites excluding steroid dienone is 2. The number of benzene rings is 1. The lowest BCUT2D eigenvalue weighted by molar-refractivity contribution is -0.140. The van der Waals surface area contributed by atoms with Crippen molar-refractivity contribution in [1.82, 2.24) is 9.80 Å². The van der Waals surface area contributed by atoms with E-state index in [-0.39, 0.29) is 36.8 Å². The number of carboxylic acid groups (broad SMARTS) is 1. The van der Waals surface area contributed by atoms with Crippen LogP contribution in [0, 0.1) is 0 Å². The molecule has 0 aliphatic carbocycles. The second kappa shape index (κ2) is 6.34. The molecule has 1 N–H and O–H groups in total. The van der Waals surface area contributed by atoms with E-state index in [4.69, 9.17) is 0 Å². The Morgan fingerprint density at radius 1 is 1.22 bits per heavy atom. The number of hydrogen-bond donors (Lipinski definition) is 1. The molecular weight excluding hydrogens is 370 g/mol. The van der Waals surface area contributed by atoms with E-state index in [2.05, 4.69) is 4.40 Å². The fourth-order valence-corrected chi connectivity index (χ4v) is 4.51. The SMILES string of the molecule is O=C(O)C1CN(C(=O)C2=CC=CN3CCS(=O)(=O)N=C23)Cc2ccccc21. The molecule has 1 aromatic rings. The standard InChI is InChI=1S/C18H17N3O5S/c22-17(14-6-3-7-20-8-9-27(25,26)19-16(14)20)21-10-12-4-1-2-5-13(12)15(11-21)18(23)24/h1-7,15H,8-11H2,(H,23,24). The number of amidine groups is 1. The van der Waals surface area contributed by atoms with Gasteiger partial charge in [0, 0.05) is 25.8 Å². The summed E-state index contributed by atoms with van der Waals surface area (Å²) in [5.41, 5.74) is 1.63. The van der Waals surface area contributed by atoms with Crippen LogP contribution in [0.5, 0.6) is 0 Å². The highest BCUT2D eigenvalue weighted by molar-refractivity contribution is 7.90. The number of aliphatic carboxylic acids is 1. The summed E-state index contributed by atoms with van der Waals surface area (Å²) >= 11 is 0. The summed E-state index contributed by atoms with van der Waals surface area (Å²) in [6, 6.07) is 7.14. The second-order valence-electron chi connectivity index (χ2n) is 6.59. The van der Waals surface area contributed by atoms with Crippen LogP contribution in [0.4, 0.5) is 0 Å². The number of hydrogen-bond acceptors (Lipinski definition) is 5. The quantitative estimate of drug-likeness (QED) is 0.800. The van der Waals surface area contributed by atoms with Crippen molar-refractivity contribution in [2.45, 2.75) is 12.5 Å². The lowest BCUT2D eigenvalue weighted by Crippen LogP contribution is -2.46. The number of carboxylic acids is 1. The predicted octanol–water partition coefficient (Wildman–Crippen LogP) is 0.695. The van der Waals surface area contributed by atoms with Gasteiger partial charge in [-0.15, -0.1) is 4.40 Å². The third-order valence-corrected chi connectivity index (χ3v) is 6.02. The van der Waals surface area contributed by atoms with Crippen molar-refractivity contribution in [3.05, 3.63) is 59.3 Å². The molecular formula is C18H17N3O5S. The minimum Gasteiger partial charge on any atom is -0.481 e. The molecule has 27 heavy (non-hydrogen) atoms. The number of carbonyl (C=O) groups excluding carboxylic acids is 1. The van der Waals surface area contributed by atoms with Gasteiger partial charge in [0.1, 0.15) is 0 Å². The van der Waals surface area contributed by atoms with E-state index in [9.17, 15) is 23.1 Å². The Kier molecular flexibility index (Phi) is 4.11. The fraction of sp³-hybridized carbons (Fsp3) is 0.278.